The van der Waals surface area contributed by atoms with E-state index in [2.05, 4.69) is 40.2 Å². The fourth-order valence-corrected chi connectivity index (χ4v) is 2.48. The van der Waals surface area contributed by atoms with Gasteiger partial charge >= 0.3 is 0 Å². The van der Waals surface area contributed by atoms with Crippen LogP contribution in [0.15, 0.2) is 60.7 Å². The third-order valence-electron chi connectivity index (χ3n) is 3.37. The lowest BCUT2D eigenvalue weighted by Gasteiger charge is -2.25. The van der Waals surface area contributed by atoms with E-state index in [1.54, 1.807) is 0 Å². The summed E-state index contributed by atoms with van der Waals surface area (Å²) in [4.78, 5) is 14.4. The second kappa shape index (κ2) is 7.99. The van der Waals surface area contributed by atoms with E-state index in [1.165, 1.54) is 0 Å². The van der Waals surface area contributed by atoms with Gasteiger partial charge in [0.25, 0.3) is 0 Å². The summed E-state index contributed by atoms with van der Waals surface area (Å²) in [7, 11) is 0. The SMILES string of the molecule is CCC(Br)C(=O)N(Cc1ccccc1)Cc1ccccc1. The summed E-state index contributed by atoms with van der Waals surface area (Å²) >= 11 is 3.48. The Morgan fingerprint density at radius 1 is 0.952 bits per heavy atom. The van der Waals surface area contributed by atoms with Gasteiger partial charge in [0.1, 0.15) is 0 Å². The zero-order chi connectivity index (χ0) is 15.1. The van der Waals surface area contributed by atoms with Crippen LogP contribution in [-0.4, -0.2) is 15.6 Å². The number of amides is 1. The second-order valence-corrected chi connectivity index (χ2v) is 6.15. The molecule has 21 heavy (non-hydrogen) atoms. The van der Waals surface area contributed by atoms with Gasteiger partial charge in [-0.3, -0.25) is 4.79 Å². The Kier molecular flexibility index (Phi) is 6.00. The van der Waals surface area contributed by atoms with Crippen LogP contribution in [0, 0.1) is 0 Å². The Balaban J connectivity index is 2.16. The Morgan fingerprint density at radius 3 is 1.76 bits per heavy atom. The number of benzene rings is 2. The van der Waals surface area contributed by atoms with E-state index in [0.717, 1.165) is 17.5 Å². The van der Waals surface area contributed by atoms with Gasteiger partial charge in [-0.15, -0.1) is 0 Å². The fraction of sp³-hybridized carbons (Fsp3) is 0.278. The number of hydrogen-bond acceptors (Lipinski definition) is 1. The fourth-order valence-electron chi connectivity index (χ4n) is 2.19. The van der Waals surface area contributed by atoms with Gasteiger partial charge in [0.05, 0.1) is 4.83 Å². The topological polar surface area (TPSA) is 20.3 Å². The standard InChI is InChI=1S/C18H20BrNO/c1-2-17(19)18(21)20(13-15-9-5-3-6-10-15)14-16-11-7-4-8-12-16/h3-12,17H,2,13-14H2,1H3. The van der Waals surface area contributed by atoms with Crippen LogP contribution >= 0.6 is 15.9 Å². The highest BCUT2D eigenvalue weighted by Crippen LogP contribution is 2.16. The molecular formula is C18H20BrNO. The number of carbonyl (C=O) groups excluding carboxylic acids is 1. The average Bonchev–Trinajstić information content (AvgIpc) is 2.54. The van der Waals surface area contributed by atoms with Crippen LogP contribution in [0.5, 0.6) is 0 Å². The number of rotatable bonds is 6. The molecule has 0 aliphatic rings. The quantitative estimate of drug-likeness (QED) is 0.711. The Morgan fingerprint density at radius 2 is 1.38 bits per heavy atom. The van der Waals surface area contributed by atoms with Gasteiger partial charge in [-0.05, 0) is 17.5 Å². The largest absolute Gasteiger partial charge is 0.333 e. The molecular weight excluding hydrogens is 326 g/mol. The average molecular weight is 346 g/mol. The normalized spacial score (nSPS) is 11.9. The van der Waals surface area contributed by atoms with Crippen LogP contribution in [0.3, 0.4) is 0 Å². The van der Waals surface area contributed by atoms with E-state index in [9.17, 15) is 4.79 Å². The summed E-state index contributed by atoms with van der Waals surface area (Å²) < 4.78 is 0. The first-order valence-corrected chi connectivity index (χ1v) is 8.13. The predicted molar refractivity (Wildman–Crippen MR) is 90.1 cm³/mol. The van der Waals surface area contributed by atoms with Crippen molar-refractivity contribution in [3.05, 3.63) is 71.8 Å². The maximum Gasteiger partial charge on any atom is 0.236 e. The van der Waals surface area contributed by atoms with Crippen LogP contribution in [0.1, 0.15) is 24.5 Å². The molecule has 1 atom stereocenters. The van der Waals surface area contributed by atoms with Crippen LogP contribution < -0.4 is 0 Å². The molecule has 0 radical (unpaired) electrons. The molecule has 0 fully saturated rings. The maximum atomic E-state index is 12.6. The van der Waals surface area contributed by atoms with Gasteiger partial charge in [0.15, 0.2) is 0 Å². The minimum absolute atomic E-state index is 0.120. The molecule has 0 aliphatic heterocycles. The molecule has 0 N–H and O–H groups in total. The maximum absolute atomic E-state index is 12.6. The van der Waals surface area contributed by atoms with Crippen LogP contribution in [0.4, 0.5) is 0 Å². The minimum atomic E-state index is -0.120. The van der Waals surface area contributed by atoms with E-state index in [4.69, 9.17) is 0 Å². The first-order valence-electron chi connectivity index (χ1n) is 7.21. The van der Waals surface area contributed by atoms with E-state index >= 15 is 0 Å². The van der Waals surface area contributed by atoms with Crippen molar-refractivity contribution in [3.8, 4) is 0 Å². The van der Waals surface area contributed by atoms with E-state index in [1.807, 2.05) is 48.2 Å². The van der Waals surface area contributed by atoms with Gasteiger partial charge in [0, 0.05) is 13.1 Å². The molecule has 0 aliphatic carbocycles. The molecule has 1 amide bonds. The number of hydrogen-bond donors (Lipinski definition) is 0. The third-order valence-corrected chi connectivity index (χ3v) is 4.41. The van der Waals surface area contributed by atoms with Gasteiger partial charge in [-0.25, -0.2) is 0 Å². The predicted octanol–water partition coefficient (Wildman–Crippen LogP) is 4.39. The zero-order valence-electron chi connectivity index (χ0n) is 12.2. The second-order valence-electron chi connectivity index (χ2n) is 5.04. The zero-order valence-corrected chi connectivity index (χ0v) is 13.8. The summed E-state index contributed by atoms with van der Waals surface area (Å²) in [6.45, 7) is 3.29. The number of carbonyl (C=O) groups is 1. The lowest BCUT2D eigenvalue weighted by molar-refractivity contribution is -0.131. The van der Waals surface area contributed by atoms with Crippen molar-refractivity contribution in [2.24, 2.45) is 0 Å². The van der Waals surface area contributed by atoms with E-state index in [0.29, 0.717) is 13.1 Å². The van der Waals surface area contributed by atoms with E-state index in [-0.39, 0.29) is 10.7 Å². The van der Waals surface area contributed by atoms with Gasteiger partial charge < -0.3 is 4.90 Å². The smallest absolute Gasteiger partial charge is 0.236 e. The summed E-state index contributed by atoms with van der Waals surface area (Å²) in [6, 6.07) is 20.2. The van der Waals surface area contributed by atoms with Gasteiger partial charge in [-0.1, -0.05) is 83.5 Å². The Hall–Kier alpha value is -1.61. The molecule has 1 unspecified atom stereocenters. The van der Waals surface area contributed by atoms with Crippen LogP contribution in [-0.2, 0) is 17.9 Å². The molecule has 0 spiro atoms. The van der Waals surface area contributed by atoms with Crippen molar-refractivity contribution in [3.63, 3.8) is 0 Å². The third kappa shape index (κ3) is 4.71. The lowest BCUT2D eigenvalue weighted by atomic mass is 10.1. The molecule has 2 nitrogen and oxygen atoms in total. The first kappa shape index (κ1) is 15.8. The molecule has 2 rings (SSSR count). The van der Waals surface area contributed by atoms with Crippen molar-refractivity contribution in [1.29, 1.82) is 0 Å². The summed E-state index contributed by atoms with van der Waals surface area (Å²) in [6.07, 6.45) is 0.791. The minimum Gasteiger partial charge on any atom is -0.333 e. The van der Waals surface area contributed by atoms with Gasteiger partial charge in [0.2, 0.25) is 5.91 Å². The molecule has 0 bridgehead atoms. The molecule has 0 heterocycles. The molecule has 3 heteroatoms. The highest BCUT2D eigenvalue weighted by atomic mass is 79.9. The van der Waals surface area contributed by atoms with Crippen molar-refractivity contribution in [2.75, 3.05) is 0 Å². The van der Waals surface area contributed by atoms with Crippen LogP contribution in [0.2, 0.25) is 0 Å². The van der Waals surface area contributed by atoms with Crippen molar-refractivity contribution >= 4 is 21.8 Å². The summed E-state index contributed by atoms with van der Waals surface area (Å²) in [5.74, 6) is 0.144. The molecule has 2 aromatic carbocycles. The van der Waals surface area contributed by atoms with Crippen molar-refractivity contribution in [2.45, 2.75) is 31.3 Å². The first-order chi connectivity index (χ1) is 10.2. The monoisotopic (exact) mass is 345 g/mol. The highest BCUT2D eigenvalue weighted by Gasteiger charge is 2.20. The molecule has 2 aromatic rings. The molecule has 110 valence electrons. The van der Waals surface area contributed by atoms with Crippen molar-refractivity contribution < 1.29 is 4.79 Å². The van der Waals surface area contributed by atoms with Crippen LogP contribution in [0.25, 0.3) is 0 Å². The Bertz CT molecular complexity index is 514. The van der Waals surface area contributed by atoms with Crippen molar-refractivity contribution in [1.82, 2.24) is 4.90 Å². The number of alkyl halides is 1. The van der Waals surface area contributed by atoms with Gasteiger partial charge in [-0.2, -0.15) is 0 Å². The number of halogens is 1. The highest BCUT2D eigenvalue weighted by molar-refractivity contribution is 9.10. The molecule has 0 aromatic heterocycles. The summed E-state index contributed by atoms with van der Waals surface area (Å²) in [5.41, 5.74) is 2.30. The molecule has 0 saturated heterocycles. The lowest BCUT2D eigenvalue weighted by Crippen LogP contribution is -2.35. The Labute approximate surface area is 134 Å². The number of nitrogens with zero attached hydrogens (tertiary/aromatic N) is 1. The van der Waals surface area contributed by atoms with E-state index < -0.39 is 0 Å². The summed E-state index contributed by atoms with van der Waals surface area (Å²) in [5, 5.41) is 0. The molecule has 0 saturated carbocycles.